The van der Waals surface area contributed by atoms with Crippen LogP contribution in [0.1, 0.15) is 31.0 Å². The van der Waals surface area contributed by atoms with Crippen LogP contribution in [0.25, 0.3) is 11.1 Å². The van der Waals surface area contributed by atoms with Crippen molar-refractivity contribution in [1.29, 1.82) is 5.26 Å². The number of hydrogen-bond donors (Lipinski definition) is 1. The van der Waals surface area contributed by atoms with Crippen LogP contribution < -0.4 is 5.73 Å². The van der Waals surface area contributed by atoms with Crippen molar-refractivity contribution in [2.45, 2.75) is 19.8 Å². The minimum Gasteiger partial charge on any atom is -0.398 e. The van der Waals surface area contributed by atoms with Gasteiger partial charge in [-0.05, 0) is 63.9 Å². The fourth-order valence-corrected chi connectivity index (χ4v) is 2.66. The molecule has 0 saturated carbocycles. The third-order valence-electron chi connectivity index (χ3n) is 2.98. The second kappa shape index (κ2) is 5.57. The normalized spacial score (nSPS) is 10.5. The van der Waals surface area contributed by atoms with E-state index >= 15 is 0 Å². The van der Waals surface area contributed by atoms with Gasteiger partial charge in [-0.2, -0.15) is 5.26 Å². The summed E-state index contributed by atoms with van der Waals surface area (Å²) in [6.45, 7) is 4.25. The number of aromatic nitrogens is 1. The first kappa shape index (κ1) is 13.8. The van der Waals surface area contributed by atoms with E-state index in [2.05, 4.69) is 53.6 Å². The molecule has 1 aromatic carbocycles. The zero-order valence-corrected chi connectivity index (χ0v) is 13.0. The van der Waals surface area contributed by atoms with Crippen molar-refractivity contribution in [2.75, 3.05) is 5.73 Å². The fraction of sp³-hybridized carbons (Fsp3) is 0.200. The van der Waals surface area contributed by atoms with Crippen LogP contribution in [-0.2, 0) is 0 Å². The van der Waals surface area contributed by atoms with Crippen molar-refractivity contribution in [3.8, 4) is 17.2 Å². The molecular formula is C15H14IN3. The molecule has 0 bridgehead atoms. The van der Waals surface area contributed by atoms with Crippen LogP contribution in [0.5, 0.6) is 0 Å². The van der Waals surface area contributed by atoms with Gasteiger partial charge in [0.15, 0.2) is 0 Å². The van der Waals surface area contributed by atoms with Crippen LogP contribution in [0.2, 0.25) is 0 Å². The van der Waals surface area contributed by atoms with E-state index in [0.29, 0.717) is 11.6 Å². The van der Waals surface area contributed by atoms with Crippen molar-refractivity contribution < 1.29 is 0 Å². The van der Waals surface area contributed by atoms with Gasteiger partial charge < -0.3 is 5.73 Å². The van der Waals surface area contributed by atoms with Crippen molar-refractivity contribution in [2.24, 2.45) is 0 Å². The molecule has 2 N–H and O–H groups in total. The van der Waals surface area contributed by atoms with Gasteiger partial charge in [0.2, 0.25) is 0 Å². The summed E-state index contributed by atoms with van der Waals surface area (Å²) < 4.78 is 1.14. The molecule has 0 unspecified atom stereocenters. The van der Waals surface area contributed by atoms with E-state index in [4.69, 9.17) is 11.0 Å². The largest absolute Gasteiger partial charge is 0.398 e. The highest BCUT2D eigenvalue weighted by Crippen LogP contribution is 2.34. The molecule has 0 spiro atoms. The average molecular weight is 363 g/mol. The highest BCUT2D eigenvalue weighted by atomic mass is 127. The molecule has 19 heavy (non-hydrogen) atoms. The number of halogens is 1. The van der Waals surface area contributed by atoms with Crippen molar-refractivity contribution in [3.63, 3.8) is 0 Å². The molecule has 4 heteroatoms. The Morgan fingerprint density at radius 2 is 2.05 bits per heavy atom. The topological polar surface area (TPSA) is 62.7 Å². The molecule has 2 rings (SSSR count). The third-order valence-corrected chi connectivity index (χ3v) is 3.61. The first-order valence-electron chi connectivity index (χ1n) is 5.98. The molecule has 0 aliphatic heterocycles. The zero-order valence-electron chi connectivity index (χ0n) is 10.8. The number of nitriles is 1. The molecule has 0 aliphatic carbocycles. The Kier molecular flexibility index (Phi) is 4.05. The van der Waals surface area contributed by atoms with Crippen molar-refractivity contribution in [1.82, 2.24) is 4.98 Å². The molecule has 0 radical (unpaired) electrons. The Balaban J connectivity index is 2.65. The van der Waals surface area contributed by atoms with E-state index in [1.165, 1.54) is 0 Å². The molecule has 0 atom stereocenters. The smallest absolute Gasteiger partial charge is 0.141 e. The van der Waals surface area contributed by atoms with Crippen LogP contribution >= 0.6 is 22.6 Å². The van der Waals surface area contributed by atoms with Gasteiger partial charge in [0.05, 0.1) is 0 Å². The predicted molar refractivity (Wildman–Crippen MR) is 85.6 cm³/mol. The number of nitrogen functional groups attached to an aromatic ring is 1. The highest BCUT2D eigenvalue weighted by molar-refractivity contribution is 14.1. The lowest BCUT2D eigenvalue weighted by atomic mass is 9.95. The predicted octanol–water partition coefficient (Wildman–Crippen LogP) is 3.93. The van der Waals surface area contributed by atoms with Crippen LogP contribution in [0, 0.1) is 14.9 Å². The molecule has 3 nitrogen and oxygen atoms in total. The SMILES string of the molecule is CC(C)c1cc(I)cc(-c2ccnc(C#N)c2)c1N. The zero-order chi connectivity index (χ0) is 14.0. The Bertz CT molecular complexity index is 657. The van der Waals surface area contributed by atoms with E-state index in [1.54, 1.807) is 12.3 Å². The van der Waals surface area contributed by atoms with Gasteiger partial charge in [-0.15, -0.1) is 0 Å². The summed E-state index contributed by atoms with van der Waals surface area (Å²) in [5, 5.41) is 8.93. The van der Waals surface area contributed by atoms with Gasteiger partial charge >= 0.3 is 0 Å². The lowest BCUT2D eigenvalue weighted by Crippen LogP contribution is -2.00. The van der Waals surface area contributed by atoms with Crippen molar-refractivity contribution in [3.05, 3.63) is 45.3 Å². The molecule has 0 saturated heterocycles. The van der Waals surface area contributed by atoms with E-state index in [1.807, 2.05) is 12.1 Å². The summed E-state index contributed by atoms with van der Waals surface area (Å²) in [5.74, 6) is 0.366. The summed E-state index contributed by atoms with van der Waals surface area (Å²) >= 11 is 2.29. The van der Waals surface area contributed by atoms with Crippen LogP contribution in [-0.4, -0.2) is 4.98 Å². The standard InChI is InChI=1S/C15H14IN3/c1-9(2)13-6-11(16)7-14(15(13)18)10-3-4-19-12(5-10)8-17/h3-7,9H,18H2,1-2H3. The number of anilines is 1. The molecule has 0 aliphatic rings. The summed E-state index contributed by atoms with van der Waals surface area (Å²) in [5.41, 5.74) is 10.5. The van der Waals surface area contributed by atoms with E-state index in [9.17, 15) is 0 Å². The summed E-state index contributed by atoms with van der Waals surface area (Å²) in [4.78, 5) is 3.99. The Hall–Kier alpha value is -1.61. The number of benzene rings is 1. The van der Waals surface area contributed by atoms with E-state index in [0.717, 1.165) is 25.9 Å². The maximum atomic E-state index is 8.93. The molecule has 0 amide bonds. The number of rotatable bonds is 2. The van der Waals surface area contributed by atoms with Gasteiger partial charge in [-0.25, -0.2) is 4.98 Å². The third kappa shape index (κ3) is 2.87. The molecule has 96 valence electrons. The van der Waals surface area contributed by atoms with Gasteiger partial charge in [0, 0.05) is 21.0 Å². The number of pyridine rings is 1. The Morgan fingerprint density at radius 1 is 1.32 bits per heavy atom. The first-order valence-corrected chi connectivity index (χ1v) is 7.06. The Morgan fingerprint density at radius 3 is 2.68 bits per heavy atom. The maximum absolute atomic E-state index is 8.93. The summed E-state index contributed by atoms with van der Waals surface area (Å²) in [6, 6.07) is 9.85. The number of hydrogen-bond acceptors (Lipinski definition) is 3. The van der Waals surface area contributed by atoms with E-state index in [-0.39, 0.29) is 0 Å². The summed E-state index contributed by atoms with van der Waals surface area (Å²) in [6.07, 6.45) is 1.64. The average Bonchev–Trinajstić information content (AvgIpc) is 2.40. The lowest BCUT2D eigenvalue weighted by Gasteiger charge is -2.15. The second-order valence-corrected chi connectivity index (χ2v) is 5.90. The summed E-state index contributed by atoms with van der Waals surface area (Å²) in [7, 11) is 0. The number of nitrogens with two attached hydrogens (primary N) is 1. The van der Waals surface area contributed by atoms with Crippen LogP contribution in [0.4, 0.5) is 5.69 Å². The molecule has 1 heterocycles. The van der Waals surface area contributed by atoms with Gasteiger partial charge in [0.25, 0.3) is 0 Å². The molecule has 2 aromatic rings. The van der Waals surface area contributed by atoms with Crippen LogP contribution in [0.3, 0.4) is 0 Å². The van der Waals surface area contributed by atoms with Gasteiger partial charge in [0.1, 0.15) is 11.8 Å². The molecule has 0 fully saturated rings. The lowest BCUT2D eigenvalue weighted by molar-refractivity contribution is 0.869. The Labute approximate surface area is 126 Å². The molecule has 1 aromatic heterocycles. The minimum absolute atomic E-state index is 0.366. The minimum atomic E-state index is 0.366. The molecular weight excluding hydrogens is 349 g/mol. The van der Waals surface area contributed by atoms with E-state index < -0.39 is 0 Å². The fourth-order valence-electron chi connectivity index (χ4n) is 2.01. The maximum Gasteiger partial charge on any atom is 0.141 e. The highest BCUT2D eigenvalue weighted by Gasteiger charge is 2.12. The van der Waals surface area contributed by atoms with Crippen molar-refractivity contribution >= 4 is 28.3 Å². The quantitative estimate of drug-likeness (QED) is 0.650. The monoisotopic (exact) mass is 363 g/mol. The van der Waals surface area contributed by atoms with Gasteiger partial charge in [-0.3, -0.25) is 0 Å². The second-order valence-electron chi connectivity index (χ2n) is 4.65. The van der Waals surface area contributed by atoms with Gasteiger partial charge in [-0.1, -0.05) is 13.8 Å². The van der Waals surface area contributed by atoms with Crippen LogP contribution in [0.15, 0.2) is 30.5 Å². The first-order chi connectivity index (χ1) is 9.02. The number of nitrogens with zero attached hydrogens (tertiary/aromatic N) is 2.